The Labute approximate surface area is 213 Å². The molecular formula is C28H27FN3O3S+. The summed E-state index contributed by atoms with van der Waals surface area (Å²) in [6, 6.07) is 23.9. The highest BCUT2D eigenvalue weighted by Crippen LogP contribution is 2.31. The van der Waals surface area contributed by atoms with Gasteiger partial charge in [0.1, 0.15) is 18.2 Å². The predicted molar refractivity (Wildman–Crippen MR) is 139 cm³/mol. The van der Waals surface area contributed by atoms with Crippen LogP contribution < -0.4 is 14.5 Å². The number of carbonyl (C=O) groups excluding carboxylic acids is 2. The number of nitrogens with zero attached hydrogens (tertiary/aromatic N) is 2. The van der Waals surface area contributed by atoms with Gasteiger partial charge in [-0.2, -0.15) is 0 Å². The Hall–Kier alpha value is -3.62. The molecule has 0 spiro atoms. The SMILES string of the molecule is O=C1S/C(=C/c2ccc(OCc3ccccc3)cc2)C(=O)N1C[NH+]1CCN(c2ccc(F)cc2)CC1. The quantitative estimate of drug-likeness (QED) is 0.496. The summed E-state index contributed by atoms with van der Waals surface area (Å²) < 4.78 is 19.0. The summed E-state index contributed by atoms with van der Waals surface area (Å²) in [6.45, 7) is 3.99. The minimum atomic E-state index is -0.247. The molecule has 6 nitrogen and oxygen atoms in total. The average Bonchev–Trinajstić information content (AvgIpc) is 3.17. The summed E-state index contributed by atoms with van der Waals surface area (Å²) in [6.07, 6.45) is 1.76. The Morgan fingerprint density at radius 3 is 2.31 bits per heavy atom. The first-order chi connectivity index (χ1) is 17.5. The number of carbonyl (C=O) groups is 2. The molecule has 1 N–H and O–H groups in total. The van der Waals surface area contributed by atoms with Gasteiger partial charge in [0.15, 0.2) is 6.67 Å². The Bertz CT molecular complexity index is 1240. The molecule has 2 aliphatic rings. The maximum atomic E-state index is 13.2. The van der Waals surface area contributed by atoms with Gasteiger partial charge in [-0.1, -0.05) is 42.5 Å². The van der Waals surface area contributed by atoms with Crippen molar-refractivity contribution in [1.29, 1.82) is 0 Å². The minimum absolute atomic E-state index is 0.234. The van der Waals surface area contributed by atoms with Crippen LogP contribution in [0.15, 0.2) is 83.8 Å². The number of imide groups is 1. The summed E-state index contributed by atoms with van der Waals surface area (Å²) in [5, 5.41) is -0.234. The first-order valence-electron chi connectivity index (χ1n) is 11.9. The van der Waals surface area contributed by atoms with Crippen molar-refractivity contribution in [2.45, 2.75) is 6.61 Å². The number of hydrogen-bond donors (Lipinski definition) is 1. The van der Waals surface area contributed by atoms with Crippen LogP contribution in [0.3, 0.4) is 0 Å². The van der Waals surface area contributed by atoms with E-state index in [9.17, 15) is 14.0 Å². The molecule has 2 heterocycles. The molecule has 36 heavy (non-hydrogen) atoms. The number of piperazine rings is 1. The number of thioether (sulfide) groups is 1. The second-order valence-corrected chi connectivity index (χ2v) is 9.82. The van der Waals surface area contributed by atoms with Crippen LogP contribution >= 0.6 is 11.8 Å². The second-order valence-electron chi connectivity index (χ2n) is 8.82. The highest BCUT2D eigenvalue weighted by Gasteiger charge is 2.38. The van der Waals surface area contributed by atoms with Crippen molar-refractivity contribution in [2.24, 2.45) is 0 Å². The van der Waals surface area contributed by atoms with Crippen LogP contribution in [0.5, 0.6) is 5.75 Å². The second kappa shape index (κ2) is 11.0. The van der Waals surface area contributed by atoms with E-state index in [2.05, 4.69) is 4.90 Å². The van der Waals surface area contributed by atoms with Crippen LogP contribution in [-0.4, -0.2) is 48.9 Å². The van der Waals surface area contributed by atoms with Gasteiger partial charge < -0.3 is 14.5 Å². The van der Waals surface area contributed by atoms with Crippen molar-refractivity contribution in [2.75, 3.05) is 37.7 Å². The van der Waals surface area contributed by atoms with E-state index in [1.54, 1.807) is 18.2 Å². The van der Waals surface area contributed by atoms with Crippen molar-refractivity contribution in [3.63, 3.8) is 0 Å². The number of nitrogens with one attached hydrogen (secondary N) is 1. The van der Waals surface area contributed by atoms with Crippen LogP contribution in [0, 0.1) is 5.82 Å². The molecule has 2 saturated heterocycles. The van der Waals surface area contributed by atoms with Gasteiger partial charge in [-0.25, -0.2) is 9.29 Å². The van der Waals surface area contributed by atoms with E-state index in [0.29, 0.717) is 18.2 Å². The highest BCUT2D eigenvalue weighted by molar-refractivity contribution is 8.18. The smallest absolute Gasteiger partial charge is 0.298 e. The van der Waals surface area contributed by atoms with Crippen molar-refractivity contribution >= 4 is 34.7 Å². The molecule has 3 aromatic carbocycles. The number of amides is 2. The topological polar surface area (TPSA) is 54.3 Å². The standard InChI is InChI=1S/C28H26FN3O3S/c29-23-8-10-24(11-9-23)31-16-14-30(15-17-31)20-32-27(33)26(36-28(32)34)18-21-6-12-25(13-7-21)35-19-22-4-2-1-3-5-22/h1-13,18H,14-17,19-20H2/p+1/b26-18+. The third-order valence-corrected chi connectivity index (χ3v) is 7.25. The lowest BCUT2D eigenvalue weighted by Crippen LogP contribution is -3.16. The molecule has 0 aliphatic carbocycles. The third kappa shape index (κ3) is 5.78. The molecule has 3 aromatic rings. The number of quaternary nitrogens is 1. The van der Waals surface area contributed by atoms with Gasteiger partial charge in [-0.15, -0.1) is 0 Å². The lowest BCUT2D eigenvalue weighted by atomic mass is 10.2. The van der Waals surface area contributed by atoms with Gasteiger partial charge in [-0.05, 0) is 65.4 Å². The minimum Gasteiger partial charge on any atom is -0.489 e. The summed E-state index contributed by atoms with van der Waals surface area (Å²) in [5.41, 5.74) is 2.92. The van der Waals surface area contributed by atoms with E-state index in [1.807, 2.05) is 54.6 Å². The summed E-state index contributed by atoms with van der Waals surface area (Å²) in [7, 11) is 0. The molecule has 0 unspecified atom stereocenters. The van der Waals surface area contributed by atoms with E-state index in [1.165, 1.54) is 21.9 Å². The fraction of sp³-hybridized carbons (Fsp3) is 0.214. The van der Waals surface area contributed by atoms with Crippen molar-refractivity contribution in [3.05, 3.63) is 101 Å². The predicted octanol–water partition coefficient (Wildman–Crippen LogP) is 3.80. The van der Waals surface area contributed by atoms with E-state index < -0.39 is 0 Å². The third-order valence-electron chi connectivity index (χ3n) is 6.34. The molecular weight excluding hydrogens is 477 g/mol. The largest absolute Gasteiger partial charge is 0.489 e. The van der Waals surface area contributed by atoms with Crippen LogP contribution in [0.2, 0.25) is 0 Å². The Morgan fingerprint density at radius 1 is 0.917 bits per heavy atom. The first kappa shape index (κ1) is 24.1. The van der Waals surface area contributed by atoms with Crippen LogP contribution in [0.25, 0.3) is 6.08 Å². The number of benzene rings is 3. The molecule has 0 atom stereocenters. The van der Waals surface area contributed by atoms with Crippen molar-refractivity contribution < 1.29 is 23.6 Å². The molecule has 5 rings (SSSR count). The molecule has 0 saturated carbocycles. The molecule has 184 valence electrons. The van der Waals surface area contributed by atoms with E-state index >= 15 is 0 Å². The highest BCUT2D eigenvalue weighted by atomic mass is 32.2. The lowest BCUT2D eigenvalue weighted by Gasteiger charge is -2.34. The zero-order valence-electron chi connectivity index (χ0n) is 19.7. The fourth-order valence-electron chi connectivity index (χ4n) is 4.30. The first-order valence-corrected chi connectivity index (χ1v) is 12.7. The van der Waals surface area contributed by atoms with Crippen molar-refractivity contribution in [3.8, 4) is 5.75 Å². The zero-order valence-corrected chi connectivity index (χ0v) is 20.5. The van der Waals surface area contributed by atoms with Gasteiger partial charge in [0.05, 0.1) is 31.1 Å². The molecule has 0 bridgehead atoms. The monoisotopic (exact) mass is 504 g/mol. The number of ether oxygens (including phenoxy) is 1. The fourth-order valence-corrected chi connectivity index (χ4v) is 5.14. The van der Waals surface area contributed by atoms with Gasteiger partial charge in [0.2, 0.25) is 0 Å². The molecule has 0 aromatic heterocycles. The normalized spacial score (nSPS) is 17.8. The Kier molecular flexibility index (Phi) is 7.34. The summed E-state index contributed by atoms with van der Waals surface area (Å²) in [4.78, 5) is 30.7. The van der Waals surface area contributed by atoms with Crippen LogP contribution in [0.1, 0.15) is 11.1 Å². The molecule has 2 aliphatic heterocycles. The molecule has 2 fully saturated rings. The lowest BCUT2D eigenvalue weighted by molar-refractivity contribution is -0.907. The van der Waals surface area contributed by atoms with E-state index in [0.717, 1.165) is 60.5 Å². The number of rotatable bonds is 7. The Morgan fingerprint density at radius 2 is 1.61 bits per heavy atom. The van der Waals surface area contributed by atoms with E-state index in [4.69, 9.17) is 4.74 Å². The zero-order chi connectivity index (χ0) is 24.9. The number of halogens is 1. The number of anilines is 1. The molecule has 2 amide bonds. The maximum Gasteiger partial charge on any atom is 0.298 e. The Balaban J connectivity index is 1.15. The van der Waals surface area contributed by atoms with E-state index in [-0.39, 0.29) is 17.0 Å². The molecule has 0 radical (unpaired) electrons. The van der Waals surface area contributed by atoms with Crippen LogP contribution in [0.4, 0.5) is 14.9 Å². The van der Waals surface area contributed by atoms with Gasteiger partial charge in [-0.3, -0.25) is 9.59 Å². The van der Waals surface area contributed by atoms with Gasteiger partial charge in [0.25, 0.3) is 11.1 Å². The summed E-state index contributed by atoms with van der Waals surface area (Å²) >= 11 is 0.984. The molecule has 8 heteroatoms. The number of hydrogen-bond acceptors (Lipinski definition) is 5. The van der Waals surface area contributed by atoms with Crippen molar-refractivity contribution in [1.82, 2.24) is 4.90 Å². The summed E-state index contributed by atoms with van der Waals surface area (Å²) in [5.74, 6) is 0.248. The average molecular weight is 505 g/mol. The maximum absolute atomic E-state index is 13.2. The van der Waals surface area contributed by atoms with Gasteiger partial charge >= 0.3 is 0 Å². The van der Waals surface area contributed by atoms with Gasteiger partial charge in [0, 0.05) is 5.69 Å². The van der Waals surface area contributed by atoms with Crippen LogP contribution in [-0.2, 0) is 11.4 Å².